The number of ether oxygens (including phenoxy) is 1. The maximum absolute atomic E-state index is 13.2. The third kappa shape index (κ3) is 3.83. The topological polar surface area (TPSA) is 87.1 Å². The lowest BCUT2D eigenvalue weighted by atomic mass is 9.93. The van der Waals surface area contributed by atoms with Crippen LogP contribution in [0.25, 0.3) is 5.76 Å². The molecule has 7 heteroatoms. The van der Waals surface area contributed by atoms with E-state index in [2.05, 4.69) is 0 Å². The summed E-state index contributed by atoms with van der Waals surface area (Å²) >= 11 is 6.15. The summed E-state index contributed by atoms with van der Waals surface area (Å²) in [5.41, 5.74) is 2.79. The second-order valence-corrected chi connectivity index (χ2v) is 8.26. The molecular weight excluding hydrogens is 442 g/mol. The number of nitrogens with zero attached hydrogens (tertiary/aromatic N) is 1. The molecule has 1 atom stereocenters. The van der Waals surface area contributed by atoms with E-state index in [-0.39, 0.29) is 22.1 Å². The number of ketones is 1. The summed E-state index contributed by atoms with van der Waals surface area (Å²) in [7, 11) is 1.56. The molecule has 0 spiro atoms. The lowest BCUT2D eigenvalue weighted by molar-refractivity contribution is -0.132. The molecule has 0 aliphatic carbocycles. The number of hydrogen-bond donors (Lipinski definition) is 2. The van der Waals surface area contributed by atoms with Crippen molar-refractivity contribution in [3.8, 4) is 11.5 Å². The highest BCUT2D eigenvalue weighted by Crippen LogP contribution is 2.44. The molecular formula is C26H22ClNO5. The first-order valence-electron chi connectivity index (χ1n) is 10.2. The van der Waals surface area contributed by atoms with Crippen LogP contribution in [0.3, 0.4) is 0 Å². The van der Waals surface area contributed by atoms with Crippen LogP contribution in [-0.2, 0) is 9.59 Å². The van der Waals surface area contributed by atoms with Crippen LogP contribution in [0.15, 0.2) is 66.2 Å². The molecule has 168 valence electrons. The predicted molar refractivity (Wildman–Crippen MR) is 127 cm³/mol. The molecule has 4 rings (SSSR count). The number of carbonyl (C=O) groups is 2. The van der Waals surface area contributed by atoms with E-state index < -0.39 is 17.7 Å². The summed E-state index contributed by atoms with van der Waals surface area (Å²) in [5.74, 6) is -1.34. The van der Waals surface area contributed by atoms with Crippen molar-refractivity contribution < 1.29 is 24.5 Å². The lowest BCUT2D eigenvalue weighted by Crippen LogP contribution is -2.29. The van der Waals surface area contributed by atoms with Crippen LogP contribution < -0.4 is 9.64 Å². The Morgan fingerprint density at radius 3 is 2.33 bits per heavy atom. The summed E-state index contributed by atoms with van der Waals surface area (Å²) < 4.78 is 5.35. The van der Waals surface area contributed by atoms with Gasteiger partial charge in [-0.2, -0.15) is 0 Å². The third-order valence-corrected chi connectivity index (χ3v) is 6.07. The number of aliphatic hydroxyl groups excluding tert-OH is 1. The van der Waals surface area contributed by atoms with E-state index in [0.29, 0.717) is 28.1 Å². The number of rotatable bonds is 4. The SMILES string of the molecule is COc1cc(C)c(/C(O)=C2\C(=O)C(=O)N(c3ccccc3)C2c2ccc(O)c(Cl)c2)cc1C. The Hall–Kier alpha value is -3.77. The number of methoxy groups -OCH3 is 1. The first-order chi connectivity index (χ1) is 15.7. The first kappa shape index (κ1) is 22.4. The van der Waals surface area contributed by atoms with Gasteiger partial charge in [0.15, 0.2) is 0 Å². The highest BCUT2D eigenvalue weighted by atomic mass is 35.5. The van der Waals surface area contributed by atoms with Gasteiger partial charge < -0.3 is 14.9 Å². The molecule has 0 saturated carbocycles. The van der Waals surface area contributed by atoms with E-state index in [4.69, 9.17) is 16.3 Å². The van der Waals surface area contributed by atoms with Gasteiger partial charge in [0.25, 0.3) is 11.7 Å². The van der Waals surface area contributed by atoms with Gasteiger partial charge in [-0.05, 0) is 66.9 Å². The normalized spacial score (nSPS) is 17.5. The van der Waals surface area contributed by atoms with Gasteiger partial charge in [-0.25, -0.2) is 0 Å². The number of aryl methyl sites for hydroxylation is 2. The van der Waals surface area contributed by atoms with Gasteiger partial charge in [0.2, 0.25) is 0 Å². The average molecular weight is 464 g/mol. The van der Waals surface area contributed by atoms with E-state index in [0.717, 1.165) is 5.56 Å². The van der Waals surface area contributed by atoms with Crippen LogP contribution in [0.5, 0.6) is 11.5 Å². The summed E-state index contributed by atoms with van der Waals surface area (Å²) in [4.78, 5) is 27.7. The Bertz CT molecular complexity index is 1300. The summed E-state index contributed by atoms with van der Waals surface area (Å²) in [6.07, 6.45) is 0. The standard InChI is InChI=1S/C26H22ClNO5/c1-14-12-21(33-3)15(2)11-18(14)24(30)22-23(16-9-10-20(29)19(27)13-16)28(26(32)25(22)31)17-7-5-4-6-8-17/h4-13,23,29-30H,1-3H3/b24-22+. The van der Waals surface area contributed by atoms with Gasteiger partial charge in [0.1, 0.15) is 17.3 Å². The third-order valence-electron chi connectivity index (χ3n) is 5.76. The van der Waals surface area contributed by atoms with Gasteiger partial charge in [0, 0.05) is 11.3 Å². The number of phenolic OH excluding ortho intramolecular Hbond substituents is 1. The van der Waals surface area contributed by atoms with Gasteiger partial charge >= 0.3 is 0 Å². The minimum atomic E-state index is -0.938. The number of amides is 1. The van der Waals surface area contributed by atoms with Crippen molar-refractivity contribution in [2.75, 3.05) is 12.0 Å². The Morgan fingerprint density at radius 2 is 1.70 bits per heavy atom. The number of hydrogen-bond acceptors (Lipinski definition) is 5. The highest BCUT2D eigenvalue weighted by Gasteiger charge is 2.47. The number of aliphatic hydroxyl groups is 1. The van der Waals surface area contributed by atoms with Crippen molar-refractivity contribution in [3.63, 3.8) is 0 Å². The van der Waals surface area contributed by atoms with Crippen molar-refractivity contribution in [1.82, 2.24) is 0 Å². The Labute approximate surface area is 196 Å². The Balaban J connectivity index is 1.99. The Kier molecular flexibility index (Phi) is 5.87. The van der Waals surface area contributed by atoms with Gasteiger partial charge in [-0.15, -0.1) is 0 Å². The summed E-state index contributed by atoms with van der Waals surface area (Å²) in [5, 5.41) is 21.3. The van der Waals surface area contributed by atoms with E-state index in [9.17, 15) is 19.8 Å². The number of carbonyl (C=O) groups excluding carboxylic acids is 2. The molecule has 6 nitrogen and oxygen atoms in total. The molecule has 1 amide bonds. The molecule has 0 radical (unpaired) electrons. The van der Waals surface area contributed by atoms with E-state index in [1.807, 2.05) is 6.92 Å². The van der Waals surface area contributed by atoms with E-state index in [1.54, 1.807) is 62.6 Å². The van der Waals surface area contributed by atoms with Crippen molar-refractivity contribution >= 4 is 34.7 Å². The van der Waals surface area contributed by atoms with Crippen LogP contribution >= 0.6 is 11.6 Å². The molecule has 1 fully saturated rings. The number of phenols is 1. The number of para-hydroxylation sites is 1. The predicted octanol–water partition coefficient (Wildman–Crippen LogP) is 5.30. The number of anilines is 1. The van der Waals surface area contributed by atoms with Crippen molar-refractivity contribution in [1.29, 1.82) is 0 Å². The molecule has 1 heterocycles. The highest BCUT2D eigenvalue weighted by molar-refractivity contribution is 6.51. The van der Waals surface area contributed by atoms with Crippen LogP contribution in [-0.4, -0.2) is 29.0 Å². The fourth-order valence-corrected chi connectivity index (χ4v) is 4.29. The van der Waals surface area contributed by atoms with Gasteiger partial charge in [-0.3, -0.25) is 14.5 Å². The molecule has 3 aromatic carbocycles. The number of aromatic hydroxyl groups is 1. The van der Waals surface area contributed by atoms with Crippen LogP contribution in [0.4, 0.5) is 5.69 Å². The molecule has 1 saturated heterocycles. The lowest BCUT2D eigenvalue weighted by Gasteiger charge is -2.26. The second-order valence-electron chi connectivity index (χ2n) is 7.85. The minimum absolute atomic E-state index is 0.0572. The maximum Gasteiger partial charge on any atom is 0.300 e. The zero-order valence-corrected chi connectivity index (χ0v) is 19.1. The van der Waals surface area contributed by atoms with Crippen molar-refractivity contribution in [2.45, 2.75) is 19.9 Å². The fraction of sp³-hybridized carbons (Fsp3) is 0.154. The molecule has 1 aliphatic rings. The van der Waals surface area contributed by atoms with Crippen molar-refractivity contribution in [3.05, 3.63) is 93.5 Å². The minimum Gasteiger partial charge on any atom is -0.507 e. The first-order valence-corrected chi connectivity index (χ1v) is 10.6. The van der Waals surface area contributed by atoms with E-state index in [1.165, 1.54) is 17.0 Å². The number of Topliss-reactive ketones (excluding diaryl/α,β-unsaturated/α-hetero) is 1. The zero-order chi connectivity index (χ0) is 23.9. The Morgan fingerprint density at radius 1 is 1.00 bits per heavy atom. The fourth-order valence-electron chi connectivity index (χ4n) is 4.11. The molecule has 1 unspecified atom stereocenters. The quantitative estimate of drug-likeness (QED) is 0.311. The molecule has 2 N–H and O–H groups in total. The number of benzene rings is 3. The van der Waals surface area contributed by atoms with Gasteiger partial charge in [0.05, 0.1) is 23.7 Å². The molecule has 0 bridgehead atoms. The largest absolute Gasteiger partial charge is 0.507 e. The van der Waals surface area contributed by atoms with Crippen LogP contribution in [0.1, 0.15) is 28.3 Å². The second kappa shape index (κ2) is 8.64. The smallest absolute Gasteiger partial charge is 0.300 e. The van der Waals surface area contributed by atoms with Crippen LogP contribution in [0.2, 0.25) is 5.02 Å². The molecule has 3 aromatic rings. The van der Waals surface area contributed by atoms with E-state index >= 15 is 0 Å². The monoisotopic (exact) mass is 463 g/mol. The summed E-state index contributed by atoms with van der Waals surface area (Å²) in [6.45, 7) is 3.62. The van der Waals surface area contributed by atoms with Crippen LogP contribution in [0, 0.1) is 13.8 Å². The average Bonchev–Trinajstić information content (AvgIpc) is 3.07. The molecule has 1 aliphatic heterocycles. The van der Waals surface area contributed by atoms with Gasteiger partial charge in [-0.1, -0.05) is 35.9 Å². The molecule has 0 aromatic heterocycles. The maximum atomic E-state index is 13.2. The van der Waals surface area contributed by atoms with Crippen molar-refractivity contribution in [2.24, 2.45) is 0 Å². The number of halogens is 1. The molecule has 33 heavy (non-hydrogen) atoms. The summed E-state index contributed by atoms with van der Waals surface area (Å²) in [6, 6.07) is 15.7. The zero-order valence-electron chi connectivity index (χ0n) is 18.3.